The molecule has 1 unspecified atom stereocenters. The number of methoxy groups -OCH3 is 1. The highest BCUT2D eigenvalue weighted by Gasteiger charge is 2.27. The van der Waals surface area contributed by atoms with E-state index in [2.05, 4.69) is 10.1 Å². The third kappa shape index (κ3) is 8.53. The van der Waals surface area contributed by atoms with Gasteiger partial charge in [0, 0.05) is 6.54 Å². The Hall–Kier alpha value is -2.58. The second kappa shape index (κ2) is 10.8. The maximum absolute atomic E-state index is 12.2. The third-order valence-electron chi connectivity index (χ3n) is 4.03. The third-order valence-corrected chi connectivity index (χ3v) is 4.03. The molecule has 0 saturated carbocycles. The Bertz CT molecular complexity index is 778. The van der Waals surface area contributed by atoms with Crippen LogP contribution in [-0.2, 0) is 34.0 Å². The van der Waals surface area contributed by atoms with Gasteiger partial charge in [0.05, 0.1) is 20.3 Å². The van der Waals surface area contributed by atoms with Crippen LogP contribution in [0.2, 0.25) is 0 Å². The highest BCUT2D eigenvalue weighted by molar-refractivity contribution is 5.80. The molecule has 158 valence electrons. The molecule has 0 aromatic heterocycles. The number of benzene rings is 2. The molecule has 5 nitrogen and oxygen atoms in total. The molecular formula is C21H24F3NO4. The number of halogens is 3. The fourth-order valence-electron chi connectivity index (χ4n) is 2.43. The Morgan fingerprint density at radius 2 is 1.72 bits per heavy atom. The summed E-state index contributed by atoms with van der Waals surface area (Å²) in [5.41, 5.74) is 2.34. The molecule has 1 N–H and O–H groups in total. The maximum atomic E-state index is 12.2. The predicted octanol–water partition coefficient (Wildman–Crippen LogP) is 4.00. The first-order valence-electron chi connectivity index (χ1n) is 9.01. The zero-order valence-electron chi connectivity index (χ0n) is 16.3. The van der Waals surface area contributed by atoms with Gasteiger partial charge in [0.25, 0.3) is 0 Å². The lowest BCUT2D eigenvalue weighted by Gasteiger charge is -2.14. The summed E-state index contributed by atoms with van der Waals surface area (Å²) in [6.45, 7) is 0.824. The first kappa shape index (κ1) is 22.7. The molecule has 0 fully saturated rings. The van der Waals surface area contributed by atoms with Crippen LogP contribution in [-0.4, -0.2) is 31.9 Å². The molecule has 0 heterocycles. The van der Waals surface area contributed by atoms with Crippen molar-refractivity contribution in [3.63, 3.8) is 0 Å². The van der Waals surface area contributed by atoms with Crippen molar-refractivity contribution in [2.24, 2.45) is 0 Å². The van der Waals surface area contributed by atoms with E-state index in [0.717, 1.165) is 16.9 Å². The topological polar surface area (TPSA) is 56.8 Å². The van der Waals surface area contributed by atoms with E-state index in [1.165, 1.54) is 0 Å². The van der Waals surface area contributed by atoms with Gasteiger partial charge >= 0.3 is 6.18 Å². The summed E-state index contributed by atoms with van der Waals surface area (Å²) >= 11 is 0. The minimum atomic E-state index is -4.34. The maximum Gasteiger partial charge on any atom is 0.411 e. The van der Waals surface area contributed by atoms with Gasteiger partial charge in [-0.1, -0.05) is 36.4 Å². The lowest BCUT2D eigenvalue weighted by atomic mass is 10.1. The van der Waals surface area contributed by atoms with E-state index in [4.69, 9.17) is 9.47 Å². The van der Waals surface area contributed by atoms with Crippen molar-refractivity contribution in [3.8, 4) is 5.75 Å². The Labute approximate surface area is 167 Å². The van der Waals surface area contributed by atoms with E-state index in [1.54, 1.807) is 38.3 Å². The largest absolute Gasteiger partial charge is 0.497 e. The van der Waals surface area contributed by atoms with Crippen LogP contribution < -0.4 is 10.1 Å². The quantitative estimate of drug-likeness (QED) is 0.642. The Morgan fingerprint density at radius 1 is 1.03 bits per heavy atom. The lowest BCUT2D eigenvalue weighted by Crippen LogP contribution is -2.34. The van der Waals surface area contributed by atoms with E-state index >= 15 is 0 Å². The van der Waals surface area contributed by atoms with Crippen LogP contribution in [0, 0.1) is 0 Å². The molecule has 8 heteroatoms. The minimum absolute atomic E-state index is 0.124. The monoisotopic (exact) mass is 411 g/mol. The number of hydrogen-bond acceptors (Lipinski definition) is 4. The first-order valence-corrected chi connectivity index (χ1v) is 9.01. The zero-order chi connectivity index (χ0) is 21.3. The molecule has 2 aromatic rings. The molecule has 0 spiro atoms. The van der Waals surface area contributed by atoms with Crippen molar-refractivity contribution < 1.29 is 32.2 Å². The summed E-state index contributed by atoms with van der Waals surface area (Å²) in [4.78, 5) is 12.2. The van der Waals surface area contributed by atoms with Gasteiger partial charge in [0.15, 0.2) is 0 Å². The predicted molar refractivity (Wildman–Crippen MR) is 101 cm³/mol. The van der Waals surface area contributed by atoms with Crippen molar-refractivity contribution in [1.82, 2.24) is 5.32 Å². The second-order valence-corrected chi connectivity index (χ2v) is 6.45. The molecule has 0 aliphatic rings. The lowest BCUT2D eigenvalue weighted by molar-refractivity contribution is -0.176. The summed E-state index contributed by atoms with van der Waals surface area (Å²) < 4.78 is 51.6. The fourth-order valence-corrected chi connectivity index (χ4v) is 2.43. The molecule has 0 aliphatic carbocycles. The zero-order valence-corrected chi connectivity index (χ0v) is 16.3. The average molecular weight is 411 g/mol. The van der Waals surface area contributed by atoms with Gasteiger partial charge in [-0.2, -0.15) is 13.2 Å². The summed E-state index contributed by atoms with van der Waals surface area (Å²) in [5, 5.41) is 2.77. The molecule has 1 amide bonds. The molecule has 2 rings (SSSR count). The average Bonchev–Trinajstić information content (AvgIpc) is 2.70. The van der Waals surface area contributed by atoms with Gasteiger partial charge < -0.3 is 19.5 Å². The van der Waals surface area contributed by atoms with Crippen LogP contribution in [0.4, 0.5) is 13.2 Å². The van der Waals surface area contributed by atoms with Crippen LogP contribution in [0.25, 0.3) is 0 Å². The SMILES string of the molecule is COc1cccc(COC(C)C(=O)NCc2ccc(COCC(F)(F)F)cc2)c1. The first-order chi connectivity index (χ1) is 13.8. The number of carbonyl (C=O) groups is 1. The van der Waals surface area contributed by atoms with Gasteiger partial charge in [-0.05, 0) is 35.7 Å². The summed E-state index contributed by atoms with van der Waals surface area (Å²) in [7, 11) is 1.58. The Morgan fingerprint density at radius 3 is 2.38 bits per heavy atom. The van der Waals surface area contributed by atoms with Crippen LogP contribution >= 0.6 is 0 Å². The Kier molecular flexibility index (Phi) is 8.48. The van der Waals surface area contributed by atoms with E-state index in [9.17, 15) is 18.0 Å². The molecule has 0 bridgehead atoms. The van der Waals surface area contributed by atoms with Crippen molar-refractivity contribution in [2.75, 3.05) is 13.7 Å². The van der Waals surface area contributed by atoms with Gasteiger partial charge in [0.1, 0.15) is 18.5 Å². The van der Waals surface area contributed by atoms with Crippen LogP contribution in [0.1, 0.15) is 23.6 Å². The molecular weight excluding hydrogens is 387 g/mol. The van der Waals surface area contributed by atoms with Crippen molar-refractivity contribution >= 4 is 5.91 Å². The van der Waals surface area contributed by atoms with Gasteiger partial charge in [-0.25, -0.2) is 0 Å². The van der Waals surface area contributed by atoms with E-state index in [1.807, 2.05) is 24.3 Å². The van der Waals surface area contributed by atoms with Crippen molar-refractivity contribution in [2.45, 2.75) is 39.0 Å². The van der Waals surface area contributed by atoms with Gasteiger partial charge in [-0.3, -0.25) is 4.79 Å². The second-order valence-electron chi connectivity index (χ2n) is 6.45. The number of amides is 1. The number of hydrogen-bond donors (Lipinski definition) is 1. The van der Waals surface area contributed by atoms with Gasteiger partial charge in [0.2, 0.25) is 5.91 Å². The van der Waals surface area contributed by atoms with Gasteiger partial charge in [-0.15, -0.1) is 0 Å². The van der Waals surface area contributed by atoms with Crippen LogP contribution in [0.3, 0.4) is 0 Å². The fraction of sp³-hybridized carbons (Fsp3) is 0.381. The van der Waals surface area contributed by atoms with E-state index in [-0.39, 0.29) is 25.7 Å². The Balaban J connectivity index is 1.73. The van der Waals surface area contributed by atoms with Crippen LogP contribution in [0.5, 0.6) is 5.75 Å². The number of carbonyl (C=O) groups excluding carboxylic acids is 1. The smallest absolute Gasteiger partial charge is 0.411 e. The van der Waals surface area contributed by atoms with E-state index in [0.29, 0.717) is 5.56 Å². The minimum Gasteiger partial charge on any atom is -0.497 e. The molecule has 2 aromatic carbocycles. The molecule has 1 atom stereocenters. The highest BCUT2D eigenvalue weighted by atomic mass is 19.4. The number of nitrogens with one attached hydrogen (secondary N) is 1. The summed E-state index contributed by atoms with van der Waals surface area (Å²) in [6.07, 6.45) is -4.98. The standard InChI is InChI=1S/C21H24F3NO4/c1-15(29-13-18-4-3-5-19(10-18)27-2)20(26)25-11-16-6-8-17(9-7-16)12-28-14-21(22,23)24/h3-10,15H,11-14H2,1-2H3,(H,25,26). The normalized spacial score (nSPS) is 12.4. The molecule has 29 heavy (non-hydrogen) atoms. The summed E-state index contributed by atoms with van der Waals surface area (Å²) in [5.74, 6) is 0.459. The van der Waals surface area contributed by atoms with E-state index < -0.39 is 18.9 Å². The van der Waals surface area contributed by atoms with Crippen LogP contribution in [0.15, 0.2) is 48.5 Å². The highest BCUT2D eigenvalue weighted by Crippen LogP contribution is 2.16. The van der Waals surface area contributed by atoms with Crippen molar-refractivity contribution in [3.05, 3.63) is 65.2 Å². The number of ether oxygens (including phenoxy) is 3. The molecule has 0 aliphatic heterocycles. The summed E-state index contributed by atoms with van der Waals surface area (Å²) in [6, 6.07) is 14.2. The molecule has 0 saturated heterocycles. The number of rotatable bonds is 10. The van der Waals surface area contributed by atoms with Crippen molar-refractivity contribution in [1.29, 1.82) is 0 Å². The number of alkyl halides is 3. The molecule has 0 radical (unpaired) electrons.